The van der Waals surface area contributed by atoms with E-state index >= 15 is 0 Å². The van der Waals surface area contributed by atoms with Crippen LogP contribution in [-0.4, -0.2) is 58.7 Å². The fourth-order valence-corrected chi connectivity index (χ4v) is 3.36. The second-order valence-corrected chi connectivity index (χ2v) is 7.36. The monoisotopic (exact) mass is 373 g/mol. The molecule has 0 aromatic heterocycles. The molecule has 1 aromatic rings. The summed E-state index contributed by atoms with van der Waals surface area (Å²) in [5, 5.41) is 4.98. The number of benzene rings is 1. The normalized spacial score (nSPS) is 18.8. The highest BCUT2D eigenvalue weighted by Crippen LogP contribution is 2.24. The number of nitrogens with zero attached hydrogens (tertiary/aromatic N) is 2. The Hall–Kier alpha value is -2.94. The van der Waals surface area contributed by atoms with E-state index in [9.17, 15) is 19.2 Å². The van der Waals surface area contributed by atoms with Crippen LogP contribution in [0.25, 0.3) is 0 Å². The Morgan fingerprint density at radius 2 is 1.96 bits per heavy atom. The van der Waals surface area contributed by atoms with E-state index in [0.29, 0.717) is 12.2 Å². The lowest BCUT2D eigenvalue weighted by atomic mass is 9.99. The average Bonchev–Trinajstić information content (AvgIpc) is 2.76. The van der Waals surface area contributed by atoms with Crippen LogP contribution < -0.4 is 16.4 Å². The zero-order chi connectivity index (χ0) is 19.8. The van der Waals surface area contributed by atoms with E-state index in [4.69, 9.17) is 5.73 Å². The molecule has 4 N–H and O–H groups in total. The molecule has 0 spiro atoms. The zero-order valence-corrected chi connectivity index (χ0v) is 15.4. The molecule has 2 aliphatic heterocycles. The smallest absolute Gasteiger partial charge is 0.325 e. The van der Waals surface area contributed by atoms with Crippen molar-refractivity contribution in [1.29, 1.82) is 0 Å². The molecule has 1 aromatic carbocycles. The summed E-state index contributed by atoms with van der Waals surface area (Å²) >= 11 is 0. The Bertz CT molecular complexity index is 820. The van der Waals surface area contributed by atoms with Crippen LogP contribution in [0.2, 0.25) is 0 Å². The van der Waals surface area contributed by atoms with Gasteiger partial charge in [0.15, 0.2) is 0 Å². The maximum absolute atomic E-state index is 12.4. The number of carbonyl (C=O) groups is 4. The summed E-state index contributed by atoms with van der Waals surface area (Å²) in [6.07, 6.45) is 0.807. The van der Waals surface area contributed by atoms with Gasteiger partial charge in [-0.05, 0) is 43.5 Å². The van der Waals surface area contributed by atoms with E-state index < -0.39 is 23.4 Å². The van der Waals surface area contributed by atoms with Gasteiger partial charge in [0, 0.05) is 18.8 Å². The molecule has 2 aliphatic rings. The number of carbonyl (C=O) groups excluding carboxylic acids is 4. The van der Waals surface area contributed by atoms with Crippen molar-refractivity contribution in [1.82, 2.24) is 15.1 Å². The number of fused-ring (bicyclic) bond motifs is 1. The number of anilines is 1. The third kappa shape index (κ3) is 3.92. The molecule has 0 radical (unpaired) electrons. The minimum Gasteiger partial charge on any atom is -0.369 e. The lowest BCUT2D eigenvalue weighted by Crippen LogP contribution is -2.47. The molecule has 3 rings (SSSR count). The lowest BCUT2D eigenvalue weighted by molar-refractivity contribution is -0.126. The number of hydrogen-bond acceptors (Lipinski definition) is 5. The molecule has 0 unspecified atom stereocenters. The first-order valence-corrected chi connectivity index (χ1v) is 8.72. The molecule has 9 heteroatoms. The molecular weight excluding hydrogens is 350 g/mol. The van der Waals surface area contributed by atoms with E-state index in [1.807, 2.05) is 17.0 Å². The maximum Gasteiger partial charge on any atom is 0.325 e. The second kappa shape index (κ2) is 6.99. The van der Waals surface area contributed by atoms with Gasteiger partial charge in [-0.1, -0.05) is 6.07 Å². The summed E-state index contributed by atoms with van der Waals surface area (Å²) in [7, 11) is 0. The predicted molar refractivity (Wildman–Crippen MR) is 97.6 cm³/mol. The van der Waals surface area contributed by atoms with Gasteiger partial charge in [0.05, 0.1) is 6.54 Å². The molecule has 2 heterocycles. The number of primary amides is 1. The minimum atomic E-state index is -1.07. The number of amides is 5. The van der Waals surface area contributed by atoms with Crippen molar-refractivity contribution in [2.45, 2.75) is 32.4 Å². The van der Waals surface area contributed by atoms with Crippen molar-refractivity contribution in [3.8, 4) is 0 Å². The molecule has 5 amide bonds. The molecule has 144 valence electrons. The molecule has 0 saturated carbocycles. The Kier molecular flexibility index (Phi) is 4.88. The van der Waals surface area contributed by atoms with Crippen molar-refractivity contribution in [3.63, 3.8) is 0 Å². The SMILES string of the molecule is CC1(C)C(=O)NC(=O)N1CC(=O)Nc1ccc2c(c1)CN(CC(N)=O)CC2. The molecular formula is C18H23N5O4. The van der Waals surface area contributed by atoms with Gasteiger partial charge in [-0.3, -0.25) is 24.6 Å². The van der Waals surface area contributed by atoms with Crippen molar-refractivity contribution in [2.24, 2.45) is 5.73 Å². The van der Waals surface area contributed by atoms with Gasteiger partial charge >= 0.3 is 6.03 Å². The Morgan fingerprint density at radius 1 is 1.22 bits per heavy atom. The molecule has 1 saturated heterocycles. The Balaban J connectivity index is 1.66. The number of imide groups is 1. The topological polar surface area (TPSA) is 125 Å². The molecule has 1 fully saturated rings. The third-order valence-corrected chi connectivity index (χ3v) is 4.96. The van der Waals surface area contributed by atoms with Crippen molar-refractivity contribution < 1.29 is 19.2 Å². The van der Waals surface area contributed by atoms with Crippen LogP contribution in [0.3, 0.4) is 0 Å². The summed E-state index contributed by atoms with van der Waals surface area (Å²) in [6, 6.07) is 5.04. The van der Waals surface area contributed by atoms with Crippen LogP contribution in [0.5, 0.6) is 0 Å². The summed E-state index contributed by atoms with van der Waals surface area (Å²) in [4.78, 5) is 50.3. The Labute approximate surface area is 156 Å². The van der Waals surface area contributed by atoms with Crippen molar-refractivity contribution in [3.05, 3.63) is 29.3 Å². The quantitative estimate of drug-likeness (QED) is 0.617. The molecule has 0 aliphatic carbocycles. The van der Waals surface area contributed by atoms with Gasteiger partial charge in [-0.25, -0.2) is 4.79 Å². The van der Waals surface area contributed by atoms with Gasteiger partial charge in [-0.15, -0.1) is 0 Å². The van der Waals surface area contributed by atoms with Gasteiger partial charge < -0.3 is 16.0 Å². The highest BCUT2D eigenvalue weighted by molar-refractivity contribution is 6.08. The number of nitrogens with one attached hydrogen (secondary N) is 2. The fourth-order valence-electron chi connectivity index (χ4n) is 3.36. The summed E-state index contributed by atoms with van der Waals surface area (Å²) in [5.41, 5.74) is 6.98. The minimum absolute atomic E-state index is 0.198. The summed E-state index contributed by atoms with van der Waals surface area (Å²) in [6.45, 7) is 4.49. The maximum atomic E-state index is 12.4. The van der Waals surface area contributed by atoms with Crippen LogP contribution in [0, 0.1) is 0 Å². The molecule has 0 atom stereocenters. The average molecular weight is 373 g/mol. The Morgan fingerprint density at radius 3 is 2.59 bits per heavy atom. The summed E-state index contributed by atoms with van der Waals surface area (Å²) in [5.74, 6) is -1.19. The van der Waals surface area contributed by atoms with Crippen LogP contribution >= 0.6 is 0 Å². The number of urea groups is 1. The van der Waals surface area contributed by atoms with Crippen LogP contribution in [0.4, 0.5) is 10.5 Å². The standard InChI is InChI=1S/C18H23N5O4/c1-18(2)16(26)21-17(27)23(18)10-15(25)20-13-4-3-11-5-6-22(9-14(19)24)8-12(11)7-13/h3-4,7H,5-6,8-10H2,1-2H3,(H2,19,24)(H,20,25)(H,21,26,27). The highest BCUT2D eigenvalue weighted by Gasteiger charge is 2.46. The van der Waals surface area contributed by atoms with Gasteiger partial charge in [-0.2, -0.15) is 0 Å². The van der Waals surface area contributed by atoms with Gasteiger partial charge in [0.1, 0.15) is 12.1 Å². The van der Waals surface area contributed by atoms with E-state index in [1.165, 1.54) is 10.5 Å². The number of hydrogen-bond donors (Lipinski definition) is 3. The van der Waals surface area contributed by atoms with E-state index in [0.717, 1.165) is 18.5 Å². The molecule has 9 nitrogen and oxygen atoms in total. The number of nitrogens with two attached hydrogens (primary N) is 1. The lowest BCUT2D eigenvalue weighted by Gasteiger charge is -2.28. The first kappa shape index (κ1) is 18.8. The zero-order valence-electron chi connectivity index (χ0n) is 15.4. The largest absolute Gasteiger partial charge is 0.369 e. The first-order valence-electron chi connectivity index (χ1n) is 8.72. The fraction of sp³-hybridized carbons (Fsp3) is 0.444. The third-order valence-electron chi connectivity index (χ3n) is 4.96. The first-order chi connectivity index (χ1) is 12.7. The van der Waals surface area contributed by atoms with E-state index in [-0.39, 0.29) is 19.0 Å². The van der Waals surface area contributed by atoms with Crippen LogP contribution in [0.15, 0.2) is 18.2 Å². The van der Waals surface area contributed by atoms with Gasteiger partial charge in [0.2, 0.25) is 11.8 Å². The molecule has 0 bridgehead atoms. The van der Waals surface area contributed by atoms with Crippen molar-refractivity contribution in [2.75, 3.05) is 25.0 Å². The van der Waals surface area contributed by atoms with E-state index in [2.05, 4.69) is 10.6 Å². The van der Waals surface area contributed by atoms with Crippen LogP contribution in [-0.2, 0) is 27.3 Å². The highest BCUT2D eigenvalue weighted by atomic mass is 16.2. The predicted octanol–water partition coefficient (Wildman–Crippen LogP) is -0.201. The molecule has 27 heavy (non-hydrogen) atoms. The van der Waals surface area contributed by atoms with Crippen molar-refractivity contribution >= 4 is 29.4 Å². The summed E-state index contributed by atoms with van der Waals surface area (Å²) < 4.78 is 0. The number of rotatable bonds is 5. The van der Waals surface area contributed by atoms with Gasteiger partial charge in [0.25, 0.3) is 5.91 Å². The second-order valence-electron chi connectivity index (χ2n) is 7.36. The van der Waals surface area contributed by atoms with Crippen LogP contribution in [0.1, 0.15) is 25.0 Å². The van der Waals surface area contributed by atoms with E-state index in [1.54, 1.807) is 19.9 Å².